The number of azo groups is 1. The molecule has 1 heterocycles. The van der Waals surface area contributed by atoms with Crippen molar-refractivity contribution in [3.63, 3.8) is 0 Å². The van der Waals surface area contributed by atoms with Gasteiger partial charge in [0.25, 0.3) is 0 Å². The van der Waals surface area contributed by atoms with Crippen LogP contribution in [0, 0.1) is 29.6 Å². The summed E-state index contributed by atoms with van der Waals surface area (Å²) in [5.41, 5.74) is 2.29. The summed E-state index contributed by atoms with van der Waals surface area (Å²) in [6, 6.07) is 11.2. The Labute approximate surface area is 170 Å². The molecule has 0 saturated heterocycles. The molecular formula is C20H23N7O2. The summed E-state index contributed by atoms with van der Waals surface area (Å²) in [6.45, 7) is 3.74. The molecule has 0 aliphatic rings. The zero-order valence-electron chi connectivity index (χ0n) is 16.7. The number of anilines is 2. The fraction of sp³-hybridized carbons (Fsp3) is 0.350. The smallest absolute Gasteiger partial charge is 0.156 e. The average Bonchev–Trinajstić information content (AvgIpc) is 2.74. The number of hydrogen-bond donors (Lipinski definition) is 2. The summed E-state index contributed by atoms with van der Waals surface area (Å²) < 4.78 is 10.1. The fourth-order valence-corrected chi connectivity index (χ4v) is 2.51. The molecule has 1 aromatic carbocycles. The first kappa shape index (κ1) is 21.8. The number of benzene rings is 1. The fourth-order valence-electron chi connectivity index (χ4n) is 2.51. The van der Waals surface area contributed by atoms with E-state index in [0.717, 1.165) is 0 Å². The number of nitrogens with zero attached hydrogens (tertiary/aromatic N) is 5. The molecule has 9 nitrogen and oxygen atoms in total. The molecule has 0 aliphatic carbocycles. The van der Waals surface area contributed by atoms with E-state index in [9.17, 15) is 10.5 Å². The van der Waals surface area contributed by atoms with Crippen LogP contribution in [0.5, 0.6) is 0 Å². The predicted octanol–water partition coefficient (Wildman–Crippen LogP) is 3.67. The van der Waals surface area contributed by atoms with Crippen LogP contribution in [0.25, 0.3) is 0 Å². The SMILES string of the molecule is COCCNc1nc(NCCOC)c(N=Nc2ccccc2C#N)c(C)c1C#N. The highest BCUT2D eigenvalue weighted by Crippen LogP contribution is 2.35. The second-order valence-electron chi connectivity index (χ2n) is 5.94. The summed E-state index contributed by atoms with van der Waals surface area (Å²) in [7, 11) is 3.21. The van der Waals surface area contributed by atoms with Crippen LogP contribution in [0.2, 0.25) is 0 Å². The molecule has 2 rings (SSSR count). The Hall–Kier alpha value is -3.53. The highest BCUT2D eigenvalue weighted by molar-refractivity contribution is 5.74. The molecule has 9 heteroatoms. The first-order valence-corrected chi connectivity index (χ1v) is 8.97. The standard InChI is InChI=1S/C20H23N7O2/c1-14-16(13-22)19(23-8-10-28-2)25-20(24-9-11-29-3)18(14)27-26-17-7-5-4-6-15(17)12-21/h4-7H,8-11H2,1-3H3,(H2,23,24,25). The lowest BCUT2D eigenvalue weighted by atomic mass is 10.1. The second kappa shape index (κ2) is 11.3. The molecule has 0 aliphatic heterocycles. The number of ether oxygens (including phenoxy) is 2. The van der Waals surface area contributed by atoms with Gasteiger partial charge in [-0.25, -0.2) is 4.98 Å². The van der Waals surface area contributed by atoms with E-state index in [1.807, 2.05) is 0 Å². The Kier molecular flexibility index (Phi) is 8.51. The molecule has 1 aromatic heterocycles. The summed E-state index contributed by atoms with van der Waals surface area (Å²) in [4.78, 5) is 4.53. The van der Waals surface area contributed by atoms with Crippen molar-refractivity contribution in [1.29, 1.82) is 10.5 Å². The topological polar surface area (TPSA) is 128 Å². The van der Waals surface area contributed by atoms with Crippen LogP contribution in [0.15, 0.2) is 34.5 Å². The predicted molar refractivity (Wildman–Crippen MR) is 110 cm³/mol. The molecule has 150 valence electrons. The van der Waals surface area contributed by atoms with Gasteiger partial charge >= 0.3 is 0 Å². The molecular weight excluding hydrogens is 370 g/mol. The van der Waals surface area contributed by atoms with Crippen molar-refractivity contribution in [2.45, 2.75) is 6.92 Å². The highest BCUT2D eigenvalue weighted by atomic mass is 16.5. The number of aromatic nitrogens is 1. The van der Waals surface area contributed by atoms with Gasteiger partial charge in [0.05, 0.1) is 24.3 Å². The van der Waals surface area contributed by atoms with Crippen LogP contribution >= 0.6 is 0 Å². The van der Waals surface area contributed by atoms with E-state index in [0.29, 0.717) is 66.0 Å². The van der Waals surface area contributed by atoms with Crippen molar-refractivity contribution in [3.05, 3.63) is 41.0 Å². The summed E-state index contributed by atoms with van der Waals surface area (Å²) in [5.74, 6) is 0.912. The third kappa shape index (κ3) is 5.72. The lowest BCUT2D eigenvalue weighted by Gasteiger charge is -2.15. The van der Waals surface area contributed by atoms with E-state index in [2.05, 4.69) is 38.0 Å². The molecule has 29 heavy (non-hydrogen) atoms. The molecule has 0 saturated carbocycles. The van der Waals surface area contributed by atoms with Crippen molar-refractivity contribution in [2.24, 2.45) is 10.2 Å². The van der Waals surface area contributed by atoms with E-state index in [-0.39, 0.29) is 0 Å². The molecule has 0 radical (unpaired) electrons. The average molecular weight is 393 g/mol. The van der Waals surface area contributed by atoms with Crippen molar-refractivity contribution in [1.82, 2.24) is 4.98 Å². The second-order valence-corrected chi connectivity index (χ2v) is 5.94. The number of nitrogens with one attached hydrogen (secondary N) is 2. The van der Waals surface area contributed by atoms with E-state index < -0.39 is 0 Å². The van der Waals surface area contributed by atoms with Crippen LogP contribution in [-0.2, 0) is 9.47 Å². The Balaban J connectivity index is 2.48. The van der Waals surface area contributed by atoms with Crippen LogP contribution in [0.4, 0.5) is 23.0 Å². The lowest BCUT2D eigenvalue weighted by Crippen LogP contribution is -2.14. The Morgan fingerprint density at radius 3 is 2.24 bits per heavy atom. The number of hydrogen-bond acceptors (Lipinski definition) is 9. The number of methoxy groups -OCH3 is 2. The zero-order valence-corrected chi connectivity index (χ0v) is 16.7. The van der Waals surface area contributed by atoms with Gasteiger partial charge in [-0.3, -0.25) is 0 Å². The first-order valence-electron chi connectivity index (χ1n) is 8.97. The van der Waals surface area contributed by atoms with Crippen LogP contribution in [-0.4, -0.2) is 45.5 Å². The maximum absolute atomic E-state index is 9.64. The number of rotatable bonds is 10. The Bertz CT molecular complexity index is 945. The van der Waals surface area contributed by atoms with Crippen molar-refractivity contribution < 1.29 is 9.47 Å². The van der Waals surface area contributed by atoms with Crippen molar-refractivity contribution >= 4 is 23.0 Å². The quantitative estimate of drug-likeness (QED) is 0.465. The molecule has 2 aromatic rings. The normalized spacial score (nSPS) is 10.5. The van der Waals surface area contributed by atoms with Crippen LogP contribution in [0.3, 0.4) is 0 Å². The third-order valence-corrected chi connectivity index (χ3v) is 4.01. The Morgan fingerprint density at radius 1 is 0.966 bits per heavy atom. The van der Waals surface area contributed by atoms with Crippen molar-refractivity contribution in [3.8, 4) is 12.1 Å². The Morgan fingerprint density at radius 2 is 1.62 bits per heavy atom. The van der Waals surface area contributed by atoms with E-state index >= 15 is 0 Å². The minimum absolute atomic E-state index is 0.376. The molecule has 0 bridgehead atoms. The van der Waals surface area contributed by atoms with E-state index in [4.69, 9.17) is 9.47 Å². The number of nitriles is 2. The first-order chi connectivity index (χ1) is 14.2. The summed E-state index contributed by atoms with van der Waals surface area (Å²) >= 11 is 0. The van der Waals surface area contributed by atoms with Gasteiger partial charge in [0.1, 0.15) is 29.3 Å². The molecule has 0 atom stereocenters. The zero-order chi connectivity index (χ0) is 21.1. The van der Waals surface area contributed by atoms with E-state index in [1.165, 1.54) is 0 Å². The highest BCUT2D eigenvalue weighted by Gasteiger charge is 2.17. The van der Waals surface area contributed by atoms with Crippen LogP contribution in [0.1, 0.15) is 16.7 Å². The summed E-state index contributed by atoms with van der Waals surface area (Å²) in [6.07, 6.45) is 0. The maximum atomic E-state index is 9.64. The van der Waals surface area contributed by atoms with Gasteiger partial charge < -0.3 is 20.1 Å². The molecule has 0 amide bonds. The van der Waals surface area contributed by atoms with Gasteiger partial charge in [-0.2, -0.15) is 10.5 Å². The van der Waals surface area contributed by atoms with Gasteiger partial charge in [0.2, 0.25) is 0 Å². The van der Waals surface area contributed by atoms with Gasteiger partial charge in [-0.05, 0) is 19.1 Å². The lowest BCUT2D eigenvalue weighted by molar-refractivity contribution is 0.210. The van der Waals surface area contributed by atoms with Gasteiger partial charge in [0.15, 0.2) is 5.82 Å². The van der Waals surface area contributed by atoms with Crippen LogP contribution < -0.4 is 10.6 Å². The monoisotopic (exact) mass is 393 g/mol. The number of pyridine rings is 1. The van der Waals surface area contributed by atoms with E-state index in [1.54, 1.807) is 45.4 Å². The van der Waals surface area contributed by atoms with Gasteiger partial charge in [-0.1, -0.05) is 12.1 Å². The molecule has 0 fully saturated rings. The largest absolute Gasteiger partial charge is 0.383 e. The minimum Gasteiger partial charge on any atom is -0.383 e. The molecule has 0 spiro atoms. The third-order valence-electron chi connectivity index (χ3n) is 4.01. The van der Waals surface area contributed by atoms with Gasteiger partial charge in [0, 0.05) is 32.9 Å². The van der Waals surface area contributed by atoms with Crippen molar-refractivity contribution in [2.75, 3.05) is 51.2 Å². The minimum atomic E-state index is 0.376. The maximum Gasteiger partial charge on any atom is 0.156 e. The van der Waals surface area contributed by atoms with Gasteiger partial charge in [-0.15, -0.1) is 10.2 Å². The summed E-state index contributed by atoms with van der Waals surface area (Å²) in [5, 5.41) is 33.7. The molecule has 2 N–H and O–H groups in total. The molecule has 0 unspecified atom stereocenters.